The van der Waals surface area contributed by atoms with Crippen LogP contribution in [-0.4, -0.2) is 24.4 Å². The molecule has 1 amide bonds. The smallest absolute Gasteiger partial charge is 0.269 e. The Morgan fingerprint density at radius 2 is 1.93 bits per heavy atom. The Kier molecular flexibility index (Phi) is 4.70. The molecule has 0 atom stereocenters. The maximum atomic E-state index is 11.5. The number of thioether (sulfide) groups is 1. The molecule has 0 spiro atoms. The fourth-order valence-corrected chi connectivity index (χ4v) is 1.31. The zero-order chi connectivity index (χ0) is 11.1. The number of nitrogens with zero attached hydrogens (tertiary/aromatic N) is 1. The van der Waals surface area contributed by atoms with Crippen molar-refractivity contribution in [1.82, 2.24) is 10.9 Å². The molecule has 0 aliphatic carbocycles. The van der Waals surface area contributed by atoms with E-state index in [1.165, 1.54) is 11.8 Å². The third kappa shape index (κ3) is 3.63. The highest BCUT2D eigenvalue weighted by Gasteiger charge is 2.03. The SMILES string of the molecule is CN=C(NNC(=O)c1ccccc1)SC. The number of nitrogens with one attached hydrogen (secondary N) is 2. The van der Waals surface area contributed by atoms with E-state index in [0.29, 0.717) is 10.7 Å². The topological polar surface area (TPSA) is 53.5 Å². The van der Waals surface area contributed by atoms with E-state index < -0.39 is 0 Å². The number of amides is 1. The summed E-state index contributed by atoms with van der Waals surface area (Å²) in [6.07, 6.45) is 1.88. The van der Waals surface area contributed by atoms with E-state index in [9.17, 15) is 4.79 Å². The van der Waals surface area contributed by atoms with Crippen LogP contribution in [0.5, 0.6) is 0 Å². The lowest BCUT2D eigenvalue weighted by Crippen LogP contribution is -2.40. The molecule has 2 N–H and O–H groups in total. The molecule has 0 radical (unpaired) electrons. The van der Waals surface area contributed by atoms with Crippen molar-refractivity contribution in [3.63, 3.8) is 0 Å². The number of carbonyl (C=O) groups excluding carboxylic acids is 1. The molecule has 0 heterocycles. The number of aliphatic imine (C=N–C) groups is 1. The summed E-state index contributed by atoms with van der Waals surface area (Å²) in [4.78, 5) is 15.5. The van der Waals surface area contributed by atoms with Crippen LogP contribution in [0, 0.1) is 0 Å². The molecule has 0 fully saturated rings. The summed E-state index contributed by atoms with van der Waals surface area (Å²) in [5.41, 5.74) is 5.90. The summed E-state index contributed by atoms with van der Waals surface area (Å²) in [6.45, 7) is 0. The largest absolute Gasteiger partial charge is 0.276 e. The molecule has 0 bridgehead atoms. The van der Waals surface area contributed by atoms with Crippen molar-refractivity contribution in [3.8, 4) is 0 Å². The summed E-state index contributed by atoms with van der Waals surface area (Å²) in [7, 11) is 1.66. The van der Waals surface area contributed by atoms with Crippen LogP contribution in [0.4, 0.5) is 0 Å². The predicted octanol–water partition coefficient (Wildman–Crippen LogP) is 1.27. The normalized spacial score (nSPS) is 10.9. The molecule has 0 saturated carbocycles. The highest BCUT2D eigenvalue weighted by atomic mass is 32.2. The predicted molar refractivity (Wildman–Crippen MR) is 63.9 cm³/mol. The maximum absolute atomic E-state index is 11.5. The molecule has 0 unspecified atom stereocenters. The Balaban J connectivity index is 2.51. The lowest BCUT2D eigenvalue weighted by Gasteiger charge is -2.08. The second-order valence-corrected chi connectivity index (χ2v) is 3.47. The molecule has 0 aliphatic heterocycles. The summed E-state index contributed by atoms with van der Waals surface area (Å²) in [5.74, 6) is -0.175. The minimum Gasteiger partial charge on any atom is -0.276 e. The average molecular weight is 223 g/mol. The van der Waals surface area contributed by atoms with Gasteiger partial charge in [0.1, 0.15) is 0 Å². The van der Waals surface area contributed by atoms with E-state index in [0.717, 1.165) is 0 Å². The molecule has 4 nitrogen and oxygen atoms in total. The van der Waals surface area contributed by atoms with Crippen molar-refractivity contribution >= 4 is 22.8 Å². The highest BCUT2D eigenvalue weighted by Crippen LogP contribution is 1.97. The van der Waals surface area contributed by atoms with Crippen LogP contribution in [-0.2, 0) is 0 Å². The van der Waals surface area contributed by atoms with Crippen LogP contribution < -0.4 is 10.9 Å². The Labute approximate surface area is 93.1 Å². The van der Waals surface area contributed by atoms with E-state index >= 15 is 0 Å². The molecule has 0 aromatic heterocycles. The van der Waals surface area contributed by atoms with Crippen molar-refractivity contribution in [2.24, 2.45) is 4.99 Å². The summed E-state index contributed by atoms with van der Waals surface area (Å²) < 4.78 is 0. The summed E-state index contributed by atoms with van der Waals surface area (Å²) in [6, 6.07) is 9.00. The molecule has 80 valence electrons. The van der Waals surface area contributed by atoms with Crippen molar-refractivity contribution in [1.29, 1.82) is 0 Å². The zero-order valence-corrected chi connectivity index (χ0v) is 9.47. The van der Waals surface area contributed by atoms with Gasteiger partial charge in [-0.15, -0.1) is 0 Å². The number of hydrazine groups is 1. The van der Waals surface area contributed by atoms with Gasteiger partial charge in [0, 0.05) is 12.6 Å². The molecular weight excluding hydrogens is 210 g/mol. The quantitative estimate of drug-likeness (QED) is 0.428. The fraction of sp³-hybridized carbons (Fsp3) is 0.200. The molecule has 15 heavy (non-hydrogen) atoms. The van der Waals surface area contributed by atoms with Crippen molar-refractivity contribution in [3.05, 3.63) is 35.9 Å². The Hall–Kier alpha value is -1.49. The van der Waals surface area contributed by atoms with Crippen LogP contribution in [0.15, 0.2) is 35.3 Å². The van der Waals surface area contributed by atoms with Gasteiger partial charge >= 0.3 is 0 Å². The number of amidine groups is 1. The van der Waals surface area contributed by atoms with Crippen LogP contribution in [0.1, 0.15) is 10.4 Å². The minimum atomic E-state index is -0.175. The third-order valence-corrected chi connectivity index (χ3v) is 2.39. The molecule has 1 aromatic rings. The second-order valence-electron chi connectivity index (χ2n) is 2.68. The monoisotopic (exact) mass is 223 g/mol. The van der Waals surface area contributed by atoms with E-state index in [1.807, 2.05) is 24.5 Å². The number of rotatable bonds is 1. The Morgan fingerprint density at radius 3 is 2.47 bits per heavy atom. The first kappa shape index (κ1) is 11.6. The number of hydrogen-bond acceptors (Lipinski definition) is 3. The van der Waals surface area contributed by atoms with Crippen LogP contribution in [0.3, 0.4) is 0 Å². The minimum absolute atomic E-state index is 0.175. The third-order valence-electron chi connectivity index (χ3n) is 1.72. The number of benzene rings is 1. The Morgan fingerprint density at radius 1 is 1.27 bits per heavy atom. The Bertz CT molecular complexity index is 351. The molecule has 5 heteroatoms. The van der Waals surface area contributed by atoms with Crippen molar-refractivity contribution < 1.29 is 4.79 Å². The van der Waals surface area contributed by atoms with E-state index in [2.05, 4.69) is 15.8 Å². The lowest BCUT2D eigenvalue weighted by molar-refractivity contribution is 0.0944. The number of carbonyl (C=O) groups is 1. The van der Waals surface area contributed by atoms with Gasteiger partial charge in [0.05, 0.1) is 0 Å². The summed E-state index contributed by atoms with van der Waals surface area (Å²) in [5, 5.41) is 0.666. The standard InChI is InChI=1S/C10H13N3OS/c1-11-10(15-2)13-12-9(14)8-6-4-3-5-7-8/h3-7H,1-2H3,(H,11,13)(H,12,14). The van der Waals surface area contributed by atoms with Gasteiger partial charge in [-0.25, -0.2) is 0 Å². The molecule has 0 aliphatic rings. The van der Waals surface area contributed by atoms with Crippen LogP contribution >= 0.6 is 11.8 Å². The fourth-order valence-electron chi connectivity index (χ4n) is 0.970. The van der Waals surface area contributed by atoms with E-state index in [-0.39, 0.29) is 5.91 Å². The van der Waals surface area contributed by atoms with Gasteiger partial charge in [0.25, 0.3) is 5.91 Å². The van der Waals surface area contributed by atoms with Gasteiger partial charge in [-0.1, -0.05) is 30.0 Å². The van der Waals surface area contributed by atoms with Gasteiger partial charge in [-0.3, -0.25) is 20.6 Å². The van der Waals surface area contributed by atoms with Crippen LogP contribution in [0.2, 0.25) is 0 Å². The second kappa shape index (κ2) is 6.08. The first-order valence-corrected chi connectivity index (χ1v) is 5.62. The zero-order valence-electron chi connectivity index (χ0n) is 8.65. The van der Waals surface area contributed by atoms with Crippen molar-refractivity contribution in [2.45, 2.75) is 0 Å². The van der Waals surface area contributed by atoms with E-state index in [1.54, 1.807) is 19.2 Å². The molecule has 1 rings (SSSR count). The van der Waals surface area contributed by atoms with Gasteiger partial charge in [0.15, 0.2) is 5.17 Å². The average Bonchev–Trinajstić information content (AvgIpc) is 2.31. The lowest BCUT2D eigenvalue weighted by atomic mass is 10.2. The maximum Gasteiger partial charge on any atom is 0.269 e. The van der Waals surface area contributed by atoms with Gasteiger partial charge in [-0.05, 0) is 18.4 Å². The molecule has 0 saturated heterocycles. The molecular formula is C10H13N3OS. The van der Waals surface area contributed by atoms with Crippen LogP contribution in [0.25, 0.3) is 0 Å². The van der Waals surface area contributed by atoms with Crippen molar-refractivity contribution in [2.75, 3.05) is 13.3 Å². The van der Waals surface area contributed by atoms with Gasteiger partial charge in [0.2, 0.25) is 0 Å². The van der Waals surface area contributed by atoms with Gasteiger partial charge in [-0.2, -0.15) is 0 Å². The van der Waals surface area contributed by atoms with E-state index in [4.69, 9.17) is 0 Å². The molecule has 1 aromatic carbocycles. The van der Waals surface area contributed by atoms with Gasteiger partial charge < -0.3 is 0 Å². The first-order valence-electron chi connectivity index (χ1n) is 4.40. The first-order chi connectivity index (χ1) is 7.27. The highest BCUT2D eigenvalue weighted by molar-refractivity contribution is 8.13. The summed E-state index contributed by atoms with van der Waals surface area (Å²) >= 11 is 1.43. The number of hydrogen-bond donors (Lipinski definition) is 2.